The minimum Gasteiger partial charge on any atom is -0.232 e. The summed E-state index contributed by atoms with van der Waals surface area (Å²) in [6, 6.07) is 3.61. The number of imidazole rings is 1. The molecule has 0 amide bonds. The van der Waals surface area contributed by atoms with Gasteiger partial charge in [-0.15, -0.1) is 0 Å². The van der Waals surface area contributed by atoms with Crippen LogP contribution in [0.5, 0.6) is 0 Å². The van der Waals surface area contributed by atoms with Crippen molar-refractivity contribution in [3.05, 3.63) is 29.2 Å². The van der Waals surface area contributed by atoms with Gasteiger partial charge in [-0.3, -0.25) is 0 Å². The summed E-state index contributed by atoms with van der Waals surface area (Å²) in [5.74, 6) is 0. The van der Waals surface area contributed by atoms with Crippen LogP contribution in [-0.2, 0) is 5.41 Å². The number of halogens is 1. The van der Waals surface area contributed by atoms with Crippen molar-refractivity contribution in [2.24, 2.45) is 0 Å². The zero-order chi connectivity index (χ0) is 10.3. The van der Waals surface area contributed by atoms with E-state index in [1.54, 1.807) is 10.6 Å². The van der Waals surface area contributed by atoms with Gasteiger partial charge in [-0.05, 0) is 12.1 Å². The fraction of sp³-hybridized carbons (Fsp3) is 0.400. The van der Waals surface area contributed by atoms with Gasteiger partial charge in [0.05, 0.1) is 11.9 Å². The molecule has 0 spiro atoms. The van der Waals surface area contributed by atoms with Crippen LogP contribution in [0.15, 0.2) is 18.3 Å². The third-order valence-electron chi connectivity index (χ3n) is 2.06. The molecule has 0 bridgehead atoms. The molecule has 0 aromatic carbocycles. The normalized spacial score (nSPS) is 12.3. The van der Waals surface area contributed by atoms with E-state index in [4.69, 9.17) is 11.6 Å². The van der Waals surface area contributed by atoms with Gasteiger partial charge in [0, 0.05) is 5.41 Å². The number of hydrogen-bond acceptors (Lipinski definition) is 2. The maximum atomic E-state index is 5.78. The SMILES string of the molecule is CC(C)(C)c1cn2nc(Cl)ccc2n1. The fourth-order valence-electron chi connectivity index (χ4n) is 1.22. The smallest absolute Gasteiger partial charge is 0.153 e. The van der Waals surface area contributed by atoms with Gasteiger partial charge in [0.25, 0.3) is 0 Å². The standard InChI is InChI=1S/C10H12ClN3/c1-10(2,3)7-6-14-9(12-7)5-4-8(11)13-14/h4-6H,1-3H3. The van der Waals surface area contributed by atoms with Gasteiger partial charge in [0.15, 0.2) is 5.65 Å². The van der Waals surface area contributed by atoms with Crippen molar-refractivity contribution in [2.75, 3.05) is 0 Å². The molecule has 4 heteroatoms. The molecule has 0 saturated carbocycles. The summed E-state index contributed by atoms with van der Waals surface area (Å²) in [5, 5.41) is 4.61. The van der Waals surface area contributed by atoms with Crippen molar-refractivity contribution in [3.8, 4) is 0 Å². The largest absolute Gasteiger partial charge is 0.232 e. The third kappa shape index (κ3) is 1.60. The molecule has 0 saturated heterocycles. The predicted octanol–water partition coefficient (Wildman–Crippen LogP) is 2.68. The first-order valence-electron chi connectivity index (χ1n) is 4.49. The lowest BCUT2D eigenvalue weighted by Gasteiger charge is -2.13. The summed E-state index contributed by atoms with van der Waals surface area (Å²) in [6.07, 6.45) is 1.92. The topological polar surface area (TPSA) is 30.2 Å². The van der Waals surface area contributed by atoms with Gasteiger partial charge in [0.2, 0.25) is 0 Å². The highest BCUT2D eigenvalue weighted by molar-refractivity contribution is 6.29. The lowest BCUT2D eigenvalue weighted by molar-refractivity contribution is 0.572. The summed E-state index contributed by atoms with van der Waals surface area (Å²) in [4.78, 5) is 4.47. The van der Waals surface area contributed by atoms with Crippen LogP contribution in [0.1, 0.15) is 26.5 Å². The Hall–Kier alpha value is -1.09. The second-order valence-electron chi connectivity index (χ2n) is 4.33. The maximum absolute atomic E-state index is 5.78. The molecule has 14 heavy (non-hydrogen) atoms. The summed E-state index contributed by atoms with van der Waals surface area (Å²) in [5.41, 5.74) is 1.90. The molecule has 0 radical (unpaired) electrons. The minimum absolute atomic E-state index is 0.0418. The van der Waals surface area contributed by atoms with Crippen molar-refractivity contribution < 1.29 is 0 Å². The van der Waals surface area contributed by atoms with Gasteiger partial charge < -0.3 is 0 Å². The Morgan fingerprint density at radius 3 is 2.64 bits per heavy atom. The molecular weight excluding hydrogens is 198 g/mol. The molecule has 0 atom stereocenters. The first-order valence-corrected chi connectivity index (χ1v) is 4.87. The molecule has 3 nitrogen and oxygen atoms in total. The van der Waals surface area contributed by atoms with Crippen LogP contribution in [0.2, 0.25) is 5.15 Å². The number of rotatable bonds is 0. The molecule has 0 aliphatic heterocycles. The number of hydrogen-bond donors (Lipinski definition) is 0. The molecule has 0 unspecified atom stereocenters. The molecular formula is C10H12ClN3. The molecule has 2 aromatic rings. The molecule has 0 aliphatic carbocycles. The first kappa shape index (κ1) is 9.46. The molecule has 0 fully saturated rings. The summed E-state index contributed by atoms with van der Waals surface area (Å²) in [6.45, 7) is 6.36. The quantitative estimate of drug-likeness (QED) is 0.668. The van der Waals surface area contributed by atoms with Gasteiger partial charge in [-0.2, -0.15) is 5.10 Å². The molecule has 2 heterocycles. The molecule has 2 rings (SSSR count). The van der Waals surface area contributed by atoms with Crippen molar-refractivity contribution in [1.29, 1.82) is 0 Å². The second-order valence-corrected chi connectivity index (χ2v) is 4.72. The minimum atomic E-state index is 0.0418. The Balaban J connectivity index is 2.63. The Morgan fingerprint density at radius 1 is 1.29 bits per heavy atom. The van der Waals surface area contributed by atoms with E-state index < -0.39 is 0 Å². The fourth-order valence-corrected chi connectivity index (χ4v) is 1.36. The van der Waals surface area contributed by atoms with Gasteiger partial charge in [-0.1, -0.05) is 32.4 Å². The van der Waals surface area contributed by atoms with Crippen LogP contribution < -0.4 is 0 Å². The number of fused-ring (bicyclic) bond motifs is 1. The highest BCUT2D eigenvalue weighted by Crippen LogP contribution is 2.21. The predicted molar refractivity (Wildman–Crippen MR) is 56.7 cm³/mol. The van der Waals surface area contributed by atoms with E-state index in [9.17, 15) is 0 Å². The van der Waals surface area contributed by atoms with E-state index in [1.165, 1.54) is 0 Å². The summed E-state index contributed by atoms with van der Waals surface area (Å²) in [7, 11) is 0. The monoisotopic (exact) mass is 209 g/mol. The highest BCUT2D eigenvalue weighted by Gasteiger charge is 2.17. The summed E-state index contributed by atoms with van der Waals surface area (Å²) < 4.78 is 1.71. The van der Waals surface area contributed by atoms with Crippen LogP contribution in [0.4, 0.5) is 0 Å². The lowest BCUT2D eigenvalue weighted by Crippen LogP contribution is -2.11. The van der Waals surface area contributed by atoms with E-state index >= 15 is 0 Å². The van der Waals surface area contributed by atoms with Crippen LogP contribution in [-0.4, -0.2) is 14.6 Å². The van der Waals surface area contributed by atoms with Crippen molar-refractivity contribution in [2.45, 2.75) is 26.2 Å². The van der Waals surface area contributed by atoms with Crippen molar-refractivity contribution >= 4 is 17.2 Å². The van der Waals surface area contributed by atoms with E-state index in [0.29, 0.717) is 5.15 Å². The van der Waals surface area contributed by atoms with Gasteiger partial charge in [0.1, 0.15) is 5.15 Å². The number of nitrogens with zero attached hydrogens (tertiary/aromatic N) is 3. The van der Waals surface area contributed by atoms with Crippen LogP contribution in [0.3, 0.4) is 0 Å². The zero-order valence-corrected chi connectivity index (χ0v) is 9.21. The Morgan fingerprint density at radius 2 is 2.00 bits per heavy atom. The van der Waals surface area contributed by atoms with Crippen LogP contribution in [0, 0.1) is 0 Å². The molecule has 2 aromatic heterocycles. The van der Waals surface area contributed by atoms with Crippen LogP contribution in [0.25, 0.3) is 5.65 Å². The Kier molecular flexibility index (Phi) is 2.00. The lowest BCUT2D eigenvalue weighted by atomic mass is 9.93. The molecule has 0 N–H and O–H groups in total. The summed E-state index contributed by atoms with van der Waals surface area (Å²) >= 11 is 5.78. The van der Waals surface area contributed by atoms with Gasteiger partial charge >= 0.3 is 0 Å². The zero-order valence-electron chi connectivity index (χ0n) is 8.45. The average Bonchev–Trinajstić information content (AvgIpc) is 2.45. The third-order valence-corrected chi connectivity index (χ3v) is 2.26. The average molecular weight is 210 g/mol. The Bertz CT molecular complexity index is 468. The molecule has 0 aliphatic rings. The van der Waals surface area contributed by atoms with Crippen LogP contribution >= 0.6 is 11.6 Å². The first-order chi connectivity index (χ1) is 6.47. The van der Waals surface area contributed by atoms with E-state index in [2.05, 4.69) is 30.9 Å². The van der Waals surface area contributed by atoms with Gasteiger partial charge in [-0.25, -0.2) is 9.50 Å². The van der Waals surface area contributed by atoms with Crippen molar-refractivity contribution in [1.82, 2.24) is 14.6 Å². The highest BCUT2D eigenvalue weighted by atomic mass is 35.5. The second kappa shape index (κ2) is 2.95. The molecule has 74 valence electrons. The number of aromatic nitrogens is 3. The Labute approximate surface area is 87.7 Å². The maximum Gasteiger partial charge on any atom is 0.153 e. The van der Waals surface area contributed by atoms with E-state index in [-0.39, 0.29) is 5.41 Å². The van der Waals surface area contributed by atoms with E-state index in [0.717, 1.165) is 11.3 Å². The van der Waals surface area contributed by atoms with Crippen molar-refractivity contribution in [3.63, 3.8) is 0 Å². The van der Waals surface area contributed by atoms with E-state index in [1.807, 2.05) is 12.3 Å².